The van der Waals surface area contributed by atoms with Crippen LogP contribution in [0.4, 0.5) is 0 Å². The van der Waals surface area contributed by atoms with Gasteiger partial charge in [0.1, 0.15) is 0 Å². The molecule has 0 saturated heterocycles. The third-order valence-electron chi connectivity index (χ3n) is 5.01. The Balaban J connectivity index is 1.72. The maximum absolute atomic E-state index is 3.70. The van der Waals surface area contributed by atoms with Gasteiger partial charge in [-0.3, -0.25) is 0 Å². The summed E-state index contributed by atoms with van der Waals surface area (Å²) in [6.45, 7) is 7.92. The molecule has 2 atom stereocenters. The topological polar surface area (TPSA) is 12.0 Å². The SMILES string of the molecule is Cc1cccc(CC2(CNC(C)C)CC3CC3C2)c1. The van der Waals surface area contributed by atoms with E-state index in [-0.39, 0.29) is 0 Å². The van der Waals surface area contributed by atoms with Crippen molar-refractivity contribution >= 4 is 0 Å². The molecule has 1 aromatic rings. The van der Waals surface area contributed by atoms with Gasteiger partial charge in [-0.05, 0) is 55.4 Å². The number of benzene rings is 1. The van der Waals surface area contributed by atoms with Crippen molar-refractivity contribution in [1.82, 2.24) is 5.32 Å². The Bertz CT molecular complexity index is 439. The Labute approximate surface area is 117 Å². The van der Waals surface area contributed by atoms with Crippen LogP contribution in [-0.2, 0) is 6.42 Å². The first-order valence-corrected chi connectivity index (χ1v) is 7.85. The summed E-state index contributed by atoms with van der Waals surface area (Å²) in [5.74, 6) is 2.11. The number of fused-ring (bicyclic) bond motifs is 1. The molecule has 0 amide bonds. The highest BCUT2D eigenvalue weighted by Gasteiger charge is 2.53. The van der Waals surface area contributed by atoms with Gasteiger partial charge in [-0.2, -0.15) is 0 Å². The maximum atomic E-state index is 3.70. The second kappa shape index (κ2) is 4.94. The van der Waals surface area contributed by atoms with Crippen molar-refractivity contribution in [3.63, 3.8) is 0 Å². The highest BCUT2D eigenvalue weighted by atomic mass is 14.9. The average Bonchev–Trinajstić information content (AvgIpc) is 2.95. The highest BCUT2D eigenvalue weighted by Crippen LogP contribution is 2.60. The van der Waals surface area contributed by atoms with Crippen LogP contribution in [-0.4, -0.2) is 12.6 Å². The van der Waals surface area contributed by atoms with E-state index in [2.05, 4.69) is 50.4 Å². The van der Waals surface area contributed by atoms with Crippen LogP contribution >= 0.6 is 0 Å². The predicted octanol–water partition coefficient (Wildman–Crippen LogP) is 3.95. The monoisotopic (exact) mass is 257 g/mol. The van der Waals surface area contributed by atoms with Gasteiger partial charge in [0.15, 0.2) is 0 Å². The second-order valence-electron chi connectivity index (χ2n) is 7.37. The molecule has 3 rings (SSSR count). The fraction of sp³-hybridized carbons (Fsp3) is 0.667. The zero-order valence-electron chi connectivity index (χ0n) is 12.6. The van der Waals surface area contributed by atoms with Crippen molar-refractivity contribution < 1.29 is 0 Å². The Kier molecular flexibility index (Phi) is 3.42. The molecular formula is C18H27N. The molecule has 0 bridgehead atoms. The van der Waals surface area contributed by atoms with Gasteiger partial charge in [0.2, 0.25) is 0 Å². The molecule has 0 spiro atoms. The summed E-state index contributed by atoms with van der Waals surface area (Å²) in [6.07, 6.45) is 5.68. The van der Waals surface area contributed by atoms with Crippen LogP contribution in [0.5, 0.6) is 0 Å². The zero-order valence-corrected chi connectivity index (χ0v) is 12.6. The standard InChI is InChI=1S/C18H27N/c1-13(2)19-12-18(10-16-8-17(16)11-18)9-15-6-4-5-14(3)7-15/h4-7,13,16-17,19H,8-12H2,1-3H3. The lowest BCUT2D eigenvalue weighted by Crippen LogP contribution is -2.38. The van der Waals surface area contributed by atoms with E-state index in [0.29, 0.717) is 11.5 Å². The molecule has 1 heteroatoms. The van der Waals surface area contributed by atoms with Gasteiger partial charge < -0.3 is 5.32 Å². The van der Waals surface area contributed by atoms with E-state index in [9.17, 15) is 0 Å². The minimum atomic E-state index is 0.533. The van der Waals surface area contributed by atoms with E-state index in [1.165, 1.54) is 43.4 Å². The summed E-state index contributed by atoms with van der Waals surface area (Å²) in [7, 11) is 0. The average molecular weight is 257 g/mol. The van der Waals surface area contributed by atoms with Gasteiger partial charge in [0.05, 0.1) is 0 Å². The third kappa shape index (κ3) is 3.02. The summed E-state index contributed by atoms with van der Waals surface area (Å²) in [4.78, 5) is 0. The number of hydrogen-bond acceptors (Lipinski definition) is 1. The summed E-state index contributed by atoms with van der Waals surface area (Å²) >= 11 is 0. The quantitative estimate of drug-likeness (QED) is 0.842. The number of aryl methyl sites for hydroxylation is 1. The molecule has 0 aliphatic heterocycles. The second-order valence-corrected chi connectivity index (χ2v) is 7.37. The smallest absolute Gasteiger partial charge is 0.00136 e. The van der Waals surface area contributed by atoms with E-state index in [4.69, 9.17) is 0 Å². The van der Waals surface area contributed by atoms with Gasteiger partial charge in [0.25, 0.3) is 0 Å². The van der Waals surface area contributed by atoms with Crippen molar-refractivity contribution in [2.24, 2.45) is 17.3 Å². The van der Waals surface area contributed by atoms with E-state index in [1.807, 2.05) is 0 Å². The predicted molar refractivity (Wildman–Crippen MR) is 81.3 cm³/mol. The minimum absolute atomic E-state index is 0.533. The molecule has 1 nitrogen and oxygen atoms in total. The van der Waals surface area contributed by atoms with Gasteiger partial charge >= 0.3 is 0 Å². The largest absolute Gasteiger partial charge is 0.314 e. The molecular weight excluding hydrogens is 230 g/mol. The molecule has 1 N–H and O–H groups in total. The number of nitrogens with one attached hydrogen (secondary N) is 1. The third-order valence-corrected chi connectivity index (χ3v) is 5.01. The first kappa shape index (κ1) is 13.2. The van der Waals surface area contributed by atoms with Crippen molar-refractivity contribution in [3.8, 4) is 0 Å². The Morgan fingerprint density at radius 1 is 1.26 bits per heavy atom. The molecule has 2 aliphatic carbocycles. The van der Waals surface area contributed by atoms with Crippen LogP contribution < -0.4 is 5.32 Å². The van der Waals surface area contributed by atoms with Crippen molar-refractivity contribution in [3.05, 3.63) is 35.4 Å². The lowest BCUT2D eigenvalue weighted by molar-refractivity contribution is 0.241. The van der Waals surface area contributed by atoms with Crippen molar-refractivity contribution in [2.75, 3.05) is 6.54 Å². The Hall–Kier alpha value is -0.820. The molecule has 1 aromatic carbocycles. The number of hydrogen-bond donors (Lipinski definition) is 1. The Morgan fingerprint density at radius 2 is 2.00 bits per heavy atom. The Morgan fingerprint density at radius 3 is 2.63 bits per heavy atom. The van der Waals surface area contributed by atoms with Crippen LogP contribution in [0.2, 0.25) is 0 Å². The normalized spacial score (nSPS) is 32.6. The summed E-state index contributed by atoms with van der Waals surface area (Å²) in [5, 5.41) is 3.70. The summed E-state index contributed by atoms with van der Waals surface area (Å²) in [5.41, 5.74) is 3.46. The molecule has 2 fully saturated rings. The minimum Gasteiger partial charge on any atom is -0.314 e. The van der Waals surface area contributed by atoms with E-state index in [0.717, 1.165) is 11.8 Å². The fourth-order valence-electron chi connectivity index (χ4n) is 4.03. The van der Waals surface area contributed by atoms with E-state index < -0.39 is 0 Å². The van der Waals surface area contributed by atoms with Gasteiger partial charge in [0, 0.05) is 12.6 Å². The maximum Gasteiger partial charge on any atom is 0.00136 e. The zero-order chi connectivity index (χ0) is 13.5. The van der Waals surface area contributed by atoms with Crippen LogP contribution in [0.15, 0.2) is 24.3 Å². The molecule has 2 aliphatic rings. The van der Waals surface area contributed by atoms with Crippen molar-refractivity contribution in [1.29, 1.82) is 0 Å². The molecule has 19 heavy (non-hydrogen) atoms. The summed E-state index contributed by atoms with van der Waals surface area (Å²) < 4.78 is 0. The van der Waals surface area contributed by atoms with Crippen LogP contribution in [0.1, 0.15) is 44.2 Å². The fourth-order valence-corrected chi connectivity index (χ4v) is 4.03. The molecule has 0 aromatic heterocycles. The number of rotatable bonds is 5. The highest BCUT2D eigenvalue weighted by molar-refractivity contribution is 5.24. The molecule has 2 saturated carbocycles. The molecule has 2 unspecified atom stereocenters. The molecule has 104 valence electrons. The lowest BCUT2D eigenvalue weighted by Gasteiger charge is -2.32. The molecule has 0 heterocycles. The van der Waals surface area contributed by atoms with Gasteiger partial charge in [-0.1, -0.05) is 43.7 Å². The first-order chi connectivity index (χ1) is 9.06. The van der Waals surface area contributed by atoms with E-state index in [1.54, 1.807) is 0 Å². The van der Waals surface area contributed by atoms with Crippen LogP contribution in [0.25, 0.3) is 0 Å². The van der Waals surface area contributed by atoms with Crippen molar-refractivity contribution in [2.45, 2.75) is 52.5 Å². The molecule has 0 radical (unpaired) electrons. The lowest BCUT2D eigenvalue weighted by atomic mass is 9.77. The van der Waals surface area contributed by atoms with E-state index >= 15 is 0 Å². The van der Waals surface area contributed by atoms with Crippen LogP contribution in [0, 0.1) is 24.2 Å². The van der Waals surface area contributed by atoms with Crippen LogP contribution in [0.3, 0.4) is 0 Å². The first-order valence-electron chi connectivity index (χ1n) is 7.85. The van der Waals surface area contributed by atoms with Gasteiger partial charge in [-0.25, -0.2) is 0 Å². The summed E-state index contributed by atoms with van der Waals surface area (Å²) in [6, 6.07) is 9.71. The van der Waals surface area contributed by atoms with Gasteiger partial charge in [-0.15, -0.1) is 0 Å².